The Labute approximate surface area is 138 Å². The van der Waals surface area contributed by atoms with Crippen molar-refractivity contribution in [2.75, 3.05) is 0 Å². The first kappa shape index (κ1) is 32.0. The van der Waals surface area contributed by atoms with E-state index in [9.17, 15) is 5.11 Å². The molecule has 0 aliphatic rings. The fourth-order valence-electron chi connectivity index (χ4n) is 1.12. The molecule has 118 valence electrons. The molecule has 0 amide bonds. The zero-order valence-electron chi connectivity index (χ0n) is 12.6. The minimum absolute atomic E-state index is 0. The smallest absolute Gasteiger partial charge is 0 e. The van der Waals surface area contributed by atoms with Gasteiger partial charge in [-0.05, 0) is 40.0 Å². The Bertz CT molecular complexity index is 307. The van der Waals surface area contributed by atoms with Crippen LogP contribution in [0.2, 0.25) is 0 Å². The third-order valence-electron chi connectivity index (χ3n) is 1.89. The van der Waals surface area contributed by atoms with E-state index in [-0.39, 0.29) is 23.2 Å². The quantitative estimate of drug-likeness (QED) is 0.198. The third-order valence-corrected chi connectivity index (χ3v) is 1.89. The fourth-order valence-corrected chi connectivity index (χ4v) is 1.12. The Kier molecular flexibility index (Phi) is 55.5. The molecule has 0 aromatic carbocycles. The maximum atomic E-state index is 9.50. The molecule has 0 aromatic heterocycles. The number of hydrogen-bond acceptors (Lipinski definition) is 1. The molecular formula is C16H22FeO4. The van der Waals surface area contributed by atoms with Crippen LogP contribution in [0, 0.1) is 20.0 Å². The Morgan fingerprint density at radius 3 is 1.90 bits per heavy atom. The molecule has 0 spiro atoms. The average molecular weight is 334 g/mol. The van der Waals surface area contributed by atoms with E-state index in [0.29, 0.717) is 0 Å². The van der Waals surface area contributed by atoms with E-state index in [1.807, 2.05) is 31.2 Å². The minimum Gasteiger partial charge on any atom is 0 e. The van der Waals surface area contributed by atoms with Crippen molar-refractivity contribution >= 4 is 0 Å². The van der Waals surface area contributed by atoms with Crippen molar-refractivity contribution in [3.8, 4) is 0 Å². The first-order valence-electron chi connectivity index (χ1n) is 5.89. The molecule has 0 rings (SSSR count). The predicted molar refractivity (Wildman–Crippen MR) is 75.0 cm³/mol. The number of rotatable bonds is 6. The van der Waals surface area contributed by atoms with E-state index in [4.69, 9.17) is 14.0 Å². The van der Waals surface area contributed by atoms with E-state index in [1.54, 1.807) is 0 Å². The van der Waals surface area contributed by atoms with Crippen LogP contribution in [-0.4, -0.2) is 11.2 Å². The molecule has 0 heterocycles. The summed E-state index contributed by atoms with van der Waals surface area (Å²) in [5.41, 5.74) is 1.35. The molecule has 0 radical (unpaired) electrons. The molecule has 0 aliphatic heterocycles. The second kappa shape index (κ2) is 36.4. The number of allylic oxidation sites excluding steroid dienone is 5. The Balaban J connectivity index is -0.000000107. The zero-order chi connectivity index (χ0) is 16.8. The Hall–Kier alpha value is -1.08. The molecular weight excluding hydrogens is 312 g/mol. The molecule has 5 heteroatoms. The summed E-state index contributed by atoms with van der Waals surface area (Å²) in [6, 6.07) is 0. The maximum absolute atomic E-state index is 9.50. The predicted octanol–water partition coefficient (Wildman–Crippen LogP) is 3.50. The monoisotopic (exact) mass is 334 g/mol. The first-order valence-corrected chi connectivity index (χ1v) is 5.89. The van der Waals surface area contributed by atoms with Crippen molar-refractivity contribution in [3.63, 3.8) is 0 Å². The molecule has 0 aliphatic carbocycles. The first-order chi connectivity index (χ1) is 9.66. The summed E-state index contributed by atoms with van der Waals surface area (Å²) in [5, 5.41) is 9.50. The van der Waals surface area contributed by atoms with Gasteiger partial charge in [-0.25, -0.2) is 0 Å². The van der Waals surface area contributed by atoms with E-state index >= 15 is 0 Å². The SMILES string of the molecule is C/C=C/C=C/[C@H](O)CCCC=C(C)C.[C-]#[O+].[C-]#[O+].[C-]#[O+].[Fe]. The molecule has 1 N–H and O–H groups in total. The summed E-state index contributed by atoms with van der Waals surface area (Å²) >= 11 is 0. The van der Waals surface area contributed by atoms with Gasteiger partial charge in [0.15, 0.2) is 0 Å². The van der Waals surface area contributed by atoms with Gasteiger partial charge in [0.05, 0.1) is 6.10 Å². The summed E-state index contributed by atoms with van der Waals surface area (Å²) in [4.78, 5) is 0. The van der Waals surface area contributed by atoms with Crippen LogP contribution in [0.5, 0.6) is 0 Å². The largest absolute Gasteiger partial charge is 0 e. The van der Waals surface area contributed by atoms with Crippen LogP contribution in [0.25, 0.3) is 0 Å². The van der Waals surface area contributed by atoms with Crippen LogP contribution in [0.15, 0.2) is 36.0 Å². The molecule has 0 saturated heterocycles. The van der Waals surface area contributed by atoms with Gasteiger partial charge in [0, 0.05) is 17.1 Å². The molecule has 0 aromatic rings. The van der Waals surface area contributed by atoms with E-state index in [0.717, 1.165) is 19.3 Å². The van der Waals surface area contributed by atoms with Crippen molar-refractivity contribution in [1.29, 1.82) is 0 Å². The van der Waals surface area contributed by atoms with E-state index in [2.05, 4.69) is 39.9 Å². The van der Waals surface area contributed by atoms with Crippen LogP contribution in [0.4, 0.5) is 0 Å². The molecule has 0 bridgehead atoms. The minimum atomic E-state index is -0.295. The van der Waals surface area contributed by atoms with Crippen molar-refractivity contribution in [1.82, 2.24) is 0 Å². The standard InChI is InChI=1S/C13H22O.3CO.Fe/c1-4-5-6-10-13(14)11-8-7-9-12(2)3;3*1-2;/h4-6,9-10,13-14H,7-8,11H2,1-3H3;;;;/b5-4+,10-6+;;;;/t13-;;;;/m0..../s1. The fraction of sp³-hybridized carbons (Fsp3) is 0.438. The van der Waals surface area contributed by atoms with Gasteiger partial charge in [0.25, 0.3) is 0 Å². The summed E-state index contributed by atoms with van der Waals surface area (Å²) in [7, 11) is 0. The third kappa shape index (κ3) is 45.4. The second-order valence-corrected chi connectivity index (χ2v) is 3.69. The van der Waals surface area contributed by atoms with Crippen LogP contribution < -0.4 is 0 Å². The van der Waals surface area contributed by atoms with E-state index < -0.39 is 0 Å². The molecule has 0 fully saturated rings. The van der Waals surface area contributed by atoms with Gasteiger partial charge < -0.3 is 5.11 Å². The molecule has 0 saturated carbocycles. The van der Waals surface area contributed by atoms with Gasteiger partial charge in [-0.3, -0.25) is 0 Å². The summed E-state index contributed by atoms with van der Waals surface area (Å²) in [6.07, 6.45) is 12.5. The van der Waals surface area contributed by atoms with Gasteiger partial charge >= 0.3 is 33.9 Å². The van der Waals surface area contributed by atoms with Crippen molar-refractivity contribution in [3.05, 3.63) is 55.9 Å². The summed E-state index contributed by atoms with van der Waals surface area (Å²) < 4.78 is 22.5. The van der Waals surface area contributed by atoms with Crippen LogP contribution in [0.1, 0.15) is 40.0 Å². The van der Waals surface area contributed by atoms with E-state index in [1.165, 1.54) is 5.57 Å². The van der Waals surface area contributed by atoms with Gasteiger partial charge in [-0.2, -0.15) is 0 Å². The van der Waals surface area contributed by atoms with Gasteiger partial charge in [0.2, 0.25) is 0 Å². The number of hydrogen-bond donors (Lipinski definition) is 1. The van der Waals surface area contributed by atoms with Crippen LogP contribution in [0.3, 0.4) is 0 Å². The Morgan fingerprint density at radius 2 is 1.52 bits per heavy atom. The van der Waals surface area contributed by atoms with Crippen LogP contribution >= 0.6 is 0 Å². The maximum Gasteiger partial charge on any atom is 0 e. The number of aliphatic hydroxyl groups excluding tert-OH is 1. The van der Waals surface area contributed by atoms with Gasteiger partial charge in [-0.1, -0.05) is 36.0 Å². The topological polar surface area (TPSA) is 79.9 Å². The van der Waals surface area contributed by atoms with Crippen molar-refractivity contribution in [2.24, 2.45) is 0 Å². The van der Waals surface area contributed by atoms with Crippen LogP contribution in [-0.2, 0) is 31.0 Å². The van der Waals surface area contributed by atoms with Crippen molar-refractivity contribution < 1.29 is 36.1 Å². The van der Waals surface area contributed by atoms with Gasteiger partial charge in [-0.15, -0.1) is 0 Å². The Morgan fingerprint density at radius 1 is 1.05 bits per heavy atom. The molecule has 4 nitrogen and oxygen atoms in total. The summed E-state index contributed by atoms with van der Waals surface area (Å²) in [6.45, 7) is 19.7. The number of unbranched alkanes of at least 4 members (excludes halogenated alkanes) is 1. The molecule has 0 unspecified atom stereocenters. The molecule has 1 atom stereocenters. The normalized spacial score (nSPS) is 9.43. The zero-order valence-corrected chi connectivity index (χ0v) is 13.7. The van der Waals surface area contributed by atoms with Crippen molar-refractivity contribution in [2.45, 2.75) is 46.1 Å². The molecule has 21 heavy (non-hydrogen) atoms. The summed E-state index contributed by atoms with van der Waals surface area (Å²) in [5.74, 6) is 0. The second-order valence-electron chi connectivity index (χ2n) is 3.69. The number of aliphatic hydroxyl groups is 1. The average Bonchev–Trinajstić information content (AvgIpc) is 2.50. The van der Waals surface area contributed by atoms with Gasteiger partial charge in [0.1, 0.15) is 0 Å².